The minimum atomic E-state index is 0.501. The van der Waals surface area contributed by atoms with E-state index in [1.54, 1.807) is 0 Å². The molecule has 1 aliphatic heterocycles. The fourth-order valence-electron chi connectivity index (χ4n) is 4.99. The summed E-state index contributed by atoms with van der Waals surface area (Å²) in [5.41, 5.74) is 8.05. The lowest BCUT2D eigenvalue weighted by atomic mass is 10.0. The number of benzene rings is 3. The first-order valence-electron chi connectivity index (χ1n) is 11.8. The Morgan fingerprint density at radius 3 is 2.64 bits per heavy atom. The Balaban J connectivity index is 1.17. The first-order chi connectivity index (χ1) is 16.2. The average Bonchev–Trinajstić information content (AvgIpc) is 3.44. The molecule has 0 saturated carbocycles. The Morgan fingerprint density at radius 1 is 0.939 bits per heavy atom. The Hall–Kier alpha value is -3.57. The van der Waals surface area contributed by atoms with Gasteiger partial charge in [-0.2, -0.15) is 5.10 Å². The highest BCUT2D eigenvalue weighted by molar-refractivity contribution is 5.97. The molecule has 0 unspecified atom stereocenters. The first-order valence-corrected chi connectivity index (χ1v) is 11.8. The number of hydrogen-bond acceptors (Lipinski definition) is 3. The number of nitrogens with zero attached hydrogens (tertiary/aromatic N) is 2. The fraction of sp³-hybridized carbons (Fsp3) is 0.250. The number of H-pyrrole nitrogens is 2. The van der Waals surface area contributed by atoms with E-state index in [1.165, 1.54) is 22.2 Å². The maximum absolute atomic E-state index is 4.63. The number of nitrogens with one attached hydrogen (secondary N) is 3. The number of piperidine rings is 1. The Bertz CT molecular complexity index is 1390. The van der Waals surface area contributed by atoms with E-state index in [0.717, 1.165) is 60.3 Å². The lowest BCUT2D eigenvalue weighted by Gasteiger charge is -2.33. The van der Waals surface area contributed by atoms with Gasteiger partial charge in [-0.15, -0.1) is 0 Å². The van der Waals surface area contributed by atoms with E-state index in [9.17, 15) is 0 Å². The third-order valence-corrected chi connectivity index (χ3v) is 6.80. The lowest BCUT2D eigenvalue weighted by Crippen LogP contribution is -2.38. The zero-order valence-corrected chi connectivity index (χ0v) is 18.9. The second kappa shape index (κ2) is 8.41. The van der Waals surface area contributed by atoms with Gasteiger partial charge in [-0.1, -0.05) is 42.5 Å². The van der Waals surface area contributed by atoms with Gasteiger partial charge >= 0.3 is 0 Å². The minimum absolute atomic E-state index is 0.501. The van der Waals surface area contributed by atoms with Crippen LogP contribution in [0.3, 0.4) is 0 Å². The molecule has 3 aromatic carbocycles. The summed E-state index contributed by atoms with van der Waals surface area (Å²) in [6.07, 6.45) is 2.31. The van der Waals surface area contributed by atoms with E-state index in [4.69, 9.17) is 0 Å². The molecule has 0 amide bonds. The fourth-order valence-corrected chi connectivity index (χ4v) is 4.99. The largest absolute Gasteiger partial charge is 0.382 e. The van der Waals surface area contributed by atoms with E-state index >= 15 is 0 Å². The highest BCUT2D eigenvalue weighted by Crippen LogP contribution is 2.31. The molecule has 33 heavy (non-hydrogen) atoms. The average molecular weight is 436 g/mol. The molecule has 1 fully saturated rings. The van der Waals surface area contributed by atoms with Crippen molar-refractivity contribution in [2.75, 3.05) is 18.4 Å². The molecule has 0 aliphatic carbocycles. The number of aromatic nitrogens is 3. The van der Waals surface area contributed by atoms with Crippen LogP contribution in [0.25, 0.3) is 33.2 Å². The highest BCUT2D eigenvalue weighted by atomic mass is 15.1. The van der Waals surface area contributed by atoms with E-state index in [0.29, 0.717) is 6.04 Å². The van der Waals surface area contributed by atoms with Crippen molar-refractivity contribution in [1.29, 1.82) is 0 Å². The molecule has 3 heterocycles. The first kappa shape index (κ1) is 20.1. The summed E-state index contributed by atoms with van der Waals surface area (Å²) < 4.78 is 0. The number of rotatable bonds is 5. The van der Waals surface area contributed by atoms with Crippen molar-refractivity contribution in [3.63, 3.8) is 0 Å². The quantitative estimate of drug-likeness (QED) is 0.313. The summed E-state index contributed by atoms with van der Waals surface area (Å²) in [5.74, 6) is 0. The van der Waals surface area contributed by atoms with Crippen molar-refractivity contribution in [2.45, 2.75) is 32.4 Å². The summed E-state index contributed by atoms with van der Waals surface area (Å²) in [7, 11) is 0. The molecular weight excluding hydrogens is 406 g/mol. The standard InChI is InChI=1S/C28H29N5/c1-19-7-8-21-16-27(30-26(21)15-19)28-24-17-23(9-10-25(24)31-32-28)29-22-11-13-33(14-12-22)18-20-5-3-2-4-6-20/h2-10,15-17,22,29-30H,11-14,18H2,1H3,(H,31,32). The Morgan fingerprint density at radius 2 is 1.79 bits per heavy atom. The van der Waals surface area contributed by atoms with Crippen molar-refractivity contribution in [2.24, 2.45) is 0 Å². The molecule has 0 bridgehead atoms. The van der Waals surface area contributed by atoms with E-state index in [-0.39, 0.29) is 0 Å². The van der Waals surface area contributed by atoms with Gasteiger partial charge in [0.2, 0.25) is 0 Å². The number of likely N-dealkylation sites (tertiary alicyclic amines) is 1. The van der Waals surface area contributed by atoms with E-state index in [1.807, 2.05) is 0 Å². The maximum Gasteiger partial charge on any atom is 0.116 e. The van der Waals surface area contributed by atoms with Crippen LogP contribution >= 0.6 is 0 Å². The minimum Gasteiger partial charge on any atom is -0.382 e. The SMILES string of the molecule is Cc1ccc2cc(-c3n[nH]c4ccc(NC5CCN(Cc6ccccc6)CC5)cc34)[nH]c2c1. The summed E-state index contributed by atoms with van der Waals surface area (Å²) in [4.78, 5) is 6.11. The Labute approximate surface area is 193 Å². The molecule has 5 aromatic rings. The molecule has 0 atom stereocenters. The van der Waals surface area contributed by atoms with Crippen molar-refractivity contribution in [1.82, 2.24) is 20.1 Å². The van der Waals surface area contributed by atoms with Crippen molar-refractivity contribution in [3.8, 4) is 11.4 Å². The zero-order valence-electron chi connectivity index (χ0n) is 18.9. The van der Waals surface area contributed by atoms with Gasteiger partial charge < -0.3 is 10.3 Å². The van der Waals surface area contributed by atoms with Gasteiger partial charge in [0.1, 0.15) is 5.69 Å². The van der Waals surface area contributed by atoms with Crippen molar-refractivity contribution < 1.29 is 0 Å². The number of hydrogen-bond donors (Lipinski definition) is 3. The van der Waals surface area contributed by atoms with Crippen LogP contribution in [0.4, 0.5) is 5.69 Å². The molecule has 166 valence electrons. The molecule has 5 nitrogen and oxygen atoms in total. The van der Waals surface area contributed by atoms with Crippen LogP contribution < -0.4 is 5.32 Å². The molecule has 3 N–H and O–H groups in total. The highest BCUT2D eigenvalue weighted by Gasteiger charge is 2.20. The van der Waals surface area contributed by atoms with E-state index in [2.05, 4.69) is 105 Å². The smallest absolute Gasteiger partial charge is 0.116 e. The number of fused-ring (bicyclic) bond motifs is 2. The van der Waals surface area contributed by atoms with Gasteiger partial charge in [0.15, 0.2) is 0 Å². The monoisotopic (exact) mass is 435 g/mol. The second-order valence-electron chi connectivity index (χ2n) is 9.29. The van der Waals surface area contributed by atoms with Crippen LogP contribution in [0.1, 0.15) is 24.0 Å². The molecule has 5 heteroatoms. The van der Waals surface area contributed by atoms with Crippen LogP contribution in [0.5, 0.6) is 0 Å². The molecule has 6 rings (SSSR count). The predicted molar refractivity (Wildman–Crippen MR) is 136 cm³/mol. The third-order valence-electron chi connectivity index (χ3n) is 6.80. The third kappa shape index (κ3) is 4.12. The summed E-state index contributed by atoms with van der Waals surface area (Å²) in [6.45, 7) is 5.41. The van der Waals surface area contributed by atoms with Crippen LogP contribution in [-0.4, -0.2) is 39.2 Å². The Kier molecular flexibility index (Phi) is 5.11. The summed E-state index contributed by atoms with van der Waals surface area (Å²) in [6, 6.07) is 26.5. The van der Waals surface area contributed by atoms with Gasteiger partial charge in [-0.05, 0) is 61.2 Å². The molecular formula is C28H29N5. The summed E-state index contributed by atoms with van der Waals surface area (Å²) in [5, 5.41) is 14.0. The predicted octanol–water partition coefficient (Wildman–Crippen LogP) is 6.10. The molecule has 1 aliphatic rings. The maximum atomic E-state index is 4.63. The zero-order chi connectivity index (χ0) is 22.2. The lowest BCUT2D eigenvalue weighted by molar-refractivity contribution is 0.211. The van der Waals surface area contributed by atoms with Crippen LogP contribution in [0.15, 0.2) is 72.8 Å². The van der Waals surface area contributed by atoms with Crippen LogP contribution in [0.2, 0.25) is 0 Å². The van der Waals surface area contributed by atoms with Crippen LogP contribution in [-0.2, 0) is 6.54 Å². The van der Waals surface area contributed by atoms with Crippen molar-refractivity contribution >= 4 is 27.5 Å². The normalized spacial score (nSPS) is 15.4. The van der Waals surface area contributed by atoms with Crippen molar-refractivity contribution in [3.05, 3.63) is 83.9 Å². The number of aryl methyl sites for hydroxylation is 1. The second-order valence-corrected chi connectivity index (χ2v) is 9.29. The molecule has 1 saturated heterocycles. The molecule has 0 radical (unpaired) electrons. The van der Waals surface area contributed by atoms with E-state index < -0.39 is 0 Å². The van der Waals surface area contributed by atoms with Gasteiger partial charge in [0.25, 0.3) is 0 Å². The van der Waals surface area contributed by atoms with Gasteiger partial charge in [-0.25, -0.2) is 0 Å². The molecule has 2 aromatic heterocycles. The van der Waals surface area contributed by atoms with Gasteiger partial charge in [0.05, 0.1) is 11.2 Å². The molecule has 0 spiro atoms. The summed E-state index contributed by atoms with van der Waals surface area (Å²) >= 11 is 0. The number of anilines is 1. The van der Waals surface area contributed by atoms with Gasteiger partial charge in [-0.3, -0.25) is 10.00 Å². The number of aromatic amines is 2. The van der Waals surface area contributed by atoms with Gasteiger partial charge in [0, 0.05) is 47.7 Å². The topological polar surface area (TPSA) is 59.7 Å². The van der Waals surface area contributed by atoms with Crippen LogP contribution in [0, 0.1) is 6.92 Å².